The van der Waals surface area contributed by atoms with E-state index in [9.17, 15) is 26.7 Å². The third-order valence-electron chi connectivity index (χ3n) is 5.95. The van der Waals surface area contributed by atoms with Gasteiger partial charge in [-0.15, -0.1) is 0 Å². The van der Waals surface area contributed by atoms with Crippen molar-refractivity contribution in [2.24, 2.45) is 0 Å². The molecule has 0 saturated carbocycles. The molecule has 2 heterocycles. The van der Waals surface area contributed by atoms with Gasteiger partial charge in [-0.2, -0.15) is 17.6 Å². The molecule has 214 valence electrons. The predicted molar refractivity (Wildman–Crippen MR) is 138 cm³/mol. The lowest BCUT2D eigenvalue weighted by Crippen LogP contribution is -2.36. The van der Waals surface area contributed by atoms with Crippen molar-refractivity contribution in [1.82, 2.24) is 9.97 Å². The summed E-state index contributed by atoms with van der Waals surface area (Å²) in [5.41, 5.74) is -1.60. The van der Waals surface area contributed by atoms with Crippen LogP contribution in [-0.2, 0) is 10.9 Å². The standard InChI is InChI=1S/C26H18ClF6N5O3/c27-16-3-1-13(9-15(16)26(31,32)33)35-25(39)37-20-11-17(28)22(29)24(23(20)30)41-14-2-4-18-19(10-14)36-21(12-34-18)38-5-7-40-8-6-38/h1-4,9-12H,5-8H2,(H2,35,37,39). The number of fused-ring (bicyclic) bond motifs is 1. The number of nitrogens with zero attached hydrogens (tertiary/aromatic N) is 3. The van der Waals surface area contributed by atoms with E-state index in [2.05, 4.69) is 15.3 Å². The van der Waals surface area contributed by atoms with Crippen LogP contribution in [0.1, 0.15) is 5.56 Å². The Morgan fingerprint density at radius 1 is 0.976 bits per heavy atom. The number of anilines is 3. The number of hydrogen-bond donors (Lipinski definition) is 2. The second kappa shape index (κ2) is 11.3. The number of alkyl halides is 3. The van der Waals surface area contributed by atoms with Crippen LogP contribution in [0, 0.1) is 17.5 Å². The molecule has 0 aliphatic carbocycles. The second-order valence-electron chi connectivity index (χ2n) is 8.71. The maximum atomic E-state index is 15.2. The van der Waals surface area contributed by atoms with Crippen molar-refractivity contribution in [3.8, 4) is 11.5 Å². The van der Waals surface area contributed by atoms with Crippen molar-refractivity contribution in [1.29, 1.82) is 0 Å². The average molecular weight is 598 g/mol. The summed E-state index contributed by atoms with van der Waals surface area (Å²) >= 11 is 5.56. The van der Waals surface area contributed by atoms with Crippen molar-refractivity contribution in [2.45, 2.75) is 6.18 Å². The van der Waals surface area contributed by atoms with E-state index in [1.807, 2.05) is 10.2 Å². The van der Waals surface area contributed by atoms with Crippen molar-refractivity contribution in [3.05, 3.63) is 76.7 Å². The van der Waals surface area contributed by atoms with E-state index in [-0.39, 0.29) is 11.4 Å². The van der Waals surface area contributed by atoms with Crippen LogP contribution < -0.4 is 20.3 Å². The molecule has 0 radical (unpaired) electrons. The van der Waals surface area contributed by atoms with Gasteiger partial charge in [-0.3, -0.25) is 4.98 Å². The van der Waals surface area contributed by atoms with Crippen LogP contribution in [0.2, 0.25) is 5.02 Å². The molecule has 0 atom stereocenters. The topological polar surface area (TPSA) is 88.6 Å². The zero-order valence-electron chi connectivity index (χ0n) is 20.7. The van der Waals surface area contributed by atoms with Crippen LogP contribution in [0.15, 0.2) is 48.7 Å². The Labute approximate surface area is 232 Å². The Balaban J connectivity index is 1.37. The molecule has 0 spiro atoms. The van der Waals surface area contributed by atoms with E-state index in [0.717, 1.165) is 12.1 Å². The van der Waals surface area contributed by atoms with Crippen LogP contribution in [-0.4, -0.2) is 42.3 Å². The Morgan fingerprint density at radius 2 is 1.73 bits per heavy atom. The molecule has 1 fully saturated rings. The number of carbonyl (C=O) groups is 1. The Hall–Kier alpha value is -4.30. The number of halogens is 7. The van der Waals surface area contributed by atoms with E-state index < -0.39 is 51.7 Å². The largest absolute Gasteiger partial charge is 0.451 e. The van der Waals surface area contributed by atoms with E-state index in [1.165, 1.54) is 18.2 Å². The van der Waals surface area contributed by atoms with Gasteiger partial charge in [0.25, 0.3) is 0 Å². The summed E-state index contributed by atoms with van der Waals surface area (Å²) in [6.45, 7) is 2.23. The van der Waals surface area contributed by atoms with Crippen molar-refractivity contribution < 1.29 is 40.6 Å². The van der Waals surface area contributed by atoms with E-state index in [0.29, 0.717) is 55.3 Å². The molecule has 5 rings (SSSR count). The average Bonchev–Trinajstić information content (AvgIpc) is 2.94. The fourth-order valence-electron chi connectivity index (χ4n) is 3.97. The van der Waals surface area contributed by atoms with Gasteiger partial charge in [0, 0.05) is 30.9 Å². The minimum absolute atomic E-state index is 0.106. The van der Waals surface area contributed by atoms with Gasteiger partial charge >= 0.3 is 12.2 Å². The molecule has 8 nitrogen and oxygen atoms in total. The quantitative estimate of drug-likeness (QED) is 0.190. The molecule has 0 unspecified atom stereocenters. The van der Waals surface area contributed by atoms with Crippen LogP contribution in [0.4, 0.5) is 48.3 Å². The van der Waals surface area contributed by atoms with Gasteiger partial charge < -0.3 is 25.0 Å². The highest BCUT2D eigenvalue weighted by molar-refractivity contribution is 6.31. The van der Waals surface area contributed by atoms with Crippen molar-refractivity contribution in [3.63, 3.8) is 0 Å². The summed E-state index contributed by atoms with van der Waals surface area (Å²) in [4.78, 5) is 23.2. The lowest BCUT2D eigenvalue weighted by atomic mass is 10.2. The maximum absolute atomic E-state index is 15.2. The summed E-state index contributed by atoms with van der Waals surface area (Å²) in [6.07, 6.45) is -3.22. The molecule has 41 heavy (non-hydrogen) atoms. The number of ether oxygens (including phenoxy) is 2. The highest BCUT2D eigenvalue weighted by Gasteiger charge is 2.33. The summed E-state index contributed by atoms with van der Waals surface area (Å²) < 4.78 is 94.1. The lowest BCUT2D eigenvalue weighted by molar-refractivity contribution is -0.137. The minimum Gasteiger partial charge on any atom is -0.451 e. The summed E-state index contributed by atoms with van der Waals surface area (Å²) in [5, 5.41) is 3.39. The van der Waals surface area contributed by atoms with Crippen molar-refractivity contribution >= 4 is 45.9 Å². The third kappa shape index (κ3) is 6.23. The molecule has 2 amide bonds. The van der Waals surface area contributed by atoms with Gasteiger partial charge in [-0.25, -0.2) is 18.6 Å². The fraction of sp³-hybridized carbons (Fsp3) is 0.192. The highest BCUT2D eigenvalue weighted by atomic mass is 35.5. The summed E-state index contributed by atoms with van der Waals surface area (Å²) in [7, 11) is 0. The number of nitrogens with one attached hydrogen (secondary N) is 2. The maximum Gasteiger partial charge on any atom is 0.417 e. The number of amides is 2. The lowest BCUT2D eigenvalue weighted by Gasteiger charge is -2.27. The van der Waals surface area contributed by atoms with Crippen molar-refractivity contribution in [2.75, 3.05) is 41.8 Å². The fourth-order valence-corrected chi connectivity index (χ4v) is 4.20. The monoisotopic (exact) mass is 597 g/mol. The first-order valence-corrected chi connectivity index (χ1v) is 12.3. The van der Waals surface area contributed by atoms with E-state index in [1.54, 1.807) is 6.20 Å². The molecule has 2 N–H and O–H groups in total. The number of benzene rings is 3. The van der Waals surface area contributed by atoms with Gasteiger partial charge in [-0.1, -0.05) is 11.6 Å². The van der Waals surface area contributed by atoms with E-state index >= 15 is 4.39 Å². The number of morpholine rings is 1. The van der Waals surface area contributed by atoms with Gasteiger partial charge in [-0.05, 0) is 30.3 Å². The number of carbonyl (C=O) groups excluding carboxylic acids is 1. The molecule has 1 aliphatic heterocycles. The molecule has 0 bridgehead atoms. The zero-order chi connectivity index (χ0) is 29.3. The second-order valence-corrected chi connectivity index (χ2v) is 9.12. The molecular formula is C26H18ClF6N5O3. The van der Waals surface area contributed by atoms with Gasteiger partial charge in [0.1, 0.15) is 11.6 Å². The summed E-state index contributed by atoms with van der Waals surface area (Å²) in [6, 6.07) is 5.84. The van der Waals surface area contributed by atoms with Gasteiger partial charge in [0.2, 0.25) is 11.6 Å². The molecule has 4 aromatic rings. The normalized spacial score (nSPS) is 13.8. The molecule has 1 saturated heterocycles. The predicted octanol–water partition coefficient (Wildman–Crippen LogP) is 6.99. The van der Waals surface area contributed by atoms with E-state index in [4.69, 9.17) is 21.1 Å². The zero-order valence-corrected chi connectivity index (χ0v) is 21.4. The van der Waals surface area contributed by atoms with Crippen LogP contribution >= 0.6 is 11.6 Å². The molecule has 3 aromatic carbocycles. The van der Waals surface area contributed by atoms with Crippen LogP contribution in [0.3, 0.4) is 0 Å². The molecule has 1 aromatic heterocycles. The highest BCUT2D eigenvalue weighted by Crippen LogP contribution is 2.37. The minimum atomic E-state index is -4.80. The SMILES string of the molecule is O=C(Nc1ccc(Cl)c(C(F)(F)F)c1)Nc1cc(F)c(F)c(Oc2ccc3ncc(N4CCOCC4)nc3c2)c1F. The Bertz CT molecular complexity index is 1630. The molecule has 1 aliphatic rings. The Kier molecular flexibility index (Phi) is 7.78. The smallest absolute Gasteiger partial charge is 0.417 e. The molecular weight excluding hydrogens is 580 g/mol. The number of hydrogen-bond acceptors (Lipinski definition) is 6. The van der Waals surface area contributed by atoms with Crippen LogP contribution in [0.25, 0.3) is 11.0 Å². The first kappa shape index (κ1) is 28.2. The van der Waals surface area contributed by atoms with Gasteiger partial charge in [0.05, 0.1) is 46.7 Å². The first-order chi connectivity index (χ1) is 19.5. The molecule has 15 heteroatoms. The first-order valence-electron chi connectivity index (χ1n) is 11.9. The summed E-state index contributed by atoms with van der Waals surface area (Å²) in [5.74, 6) is -5.42. The Morgan fingerprint density at radius 3 is 2.46 bits per heavy atom. The number of urea groups is 1. The number of rotatable bonds is 5. The van der Waals surface area contributed by atoms with Crippen LogP contribution in [0.5, 0.6) is 11.5 Å². The van der Waals surface area contributed by atoms with Gasteiger partial charge in [0.15, 0.2) is 11.6 Å². The third-order valence-corrected chi connectivity index (χ3v) is 6.28. The number of aromatic nitrogens is 2.